The van der Waals surface area contributed by atoms with Gasteiger partial charge in [-0.15, -0.1) is 0 Å². The van der Waals surface area contributed by atoms with Gasteiger partial charge < -0.3 is 10.6 Å². The second kappa shape index (κ2) is 7.04. The molecule has 0 bridgehead atoms. The van der Waals surface area contributed by atoms with E-state index in [2.05, 4.69) is 19.1 Å². The summed E-state index contributed by atoms with van der Waals surface area (Å²) in [6.07, 6.45) is 0.722. The van der Waals surface area contributed by atoms with Crippen molar-refractivity contribution >= 4 is 5.91 Å². The Morgan fingerprint density at radius 3 is 2.33 bits per heavy atom. The molecule has 110 valence electrons. The SMILES string of the molecule is Cc1ccccc1CN(C)C(=O)c1ccccc1CCN. The Balaban J connectivity index is 2.18. The summed E-state index contributed by atoms with van der Waals surface area (Å²) in [7, 11) is 1.84. The fourth-order valence-corrected chi connectivity index (χ4v) is 2.42. The summed E-state index contributed by atoms with van der Waals surface area (Å²) in [6, 6.07) is 15.8. The highest BCUT2D eigenvalue weighted by atomic mass is 16.2. The first-order chi connectivity index (χ1) is 10.1. The van der Waals surface area contributed by atoms with E-state index in [-0.39, 0.29) is 5.91 Å². The highest BCUT2D eigenvalue weighted by Gasteiger charge is 2.15. The number of amides is 1. The molecule has 0 aliphatic heterocycles. The zero-order chi connectivity index (χ0) is 15.2. The molecule has 0 saturated heterocycles. The molecule has 0 atom stereocenters. The number of carbonyl (C=O) groups excluding carboxylic acids is 1. The molecule has 0 spiro atoms. The van der Waals surface area contributed by atoms with Gasteiger partial charge in [0.1, 0.15) is 0 Å². The quantitative estimate of drug-likeness (QED) is 0.916. The number of hydrogen-bond donors (Lipinski definition) is 1. The normalized spacial score (nSPS) is 10.4. The summed E-state index contributed by atoms with van der Waals surface area (Å²) in [4.78, 5) is 14.4. The fraction of sp³-hybridized carbons (Fsp3) is 0.278. The molecular formula is C18H22N2O. The molecule has 0 aromatic heterocycles. The maximum Gasteiger partial charge on any atom is 0.254 e. The van der Waals surface area contributed by atoms with Gasteiger partial charge in [-0.2, -0.15) is 0 Å². The van der Waals surface area contributed by atoms with Crippen molar-refractivity contribution in [3.05, 3.63) is 70.8 Å². The van der Waals surface area contributed by atoms with E-state index in [1.54, 1.807) is 4.90 Å². The van der Waals surface area contributed by atoms with E-state index in [1.807, 2.05) is 43.4 Å². The molecule has 2 aromatic rings. The Labute approximate surface area is 126 Å². The lowest BCUT2D eigenvalue weighted by Gasteiger charge is -2.20. The monoisotopic (exact) mass is 282 g/mol. The third kappa shape index (κ3) is 3.70. The lowest BCUT2D eigenvalue weighted by molar-refractivity contribution is 0.0784. The predicted molar refractivity (Wildman–Crippen MR) is 86.2 cm³/mol. The van der Waals surface area contributed by atoms with Gasteiger partial charge >= 0.3 is 0 Å². The molecule has 0 aliphatic rings. The second-order valence-electron chi connectivity index (χ2n) is 5.28. The van der Waals surface area contributed by atoms with Crippen LogP contribution in [0.4, 0.5) is 0 Å². The molecular weight excluding hydrogens is 260 g/mol. The van der Waals surface area contributed by atoms with Gasteiger partial charge in [0.25, 0.3) is 5.91 Å². The van der Waals surface area contributed by atoms with Crippen LogP contribution in [0.1, 0.15) is 27.0 Å². The number of nitrogens with two attached hydrogens (primary N) is 1. The van der Waals surface area contributed by atoms with E-state index in [9.17, 15) is 4.79 Å². The molecule has 3 heteroatoms. The van der Waals surface area contributed by atoms with E-state index in [0.29, 0.717) is 13.1 Å². The minimum absolute atomic E-state index is 0.0438. The summed E-state index contributed by atoms with van der Waals surface area (Å²) in [6.45, 7) is 3.23. The van der Waals surface area contributed by atoms with E-state index in [4.69, 9.17) is 5.73 Å². The highest BCUT2D eigenvalue weighted by molar-refractivity contribution is 5.95. The molecule has 0 fully saturated rings. The van der Waals surface area contributed by atoms with Crippen LogP contribution in [-0.4, -0.2) is 24.4 Å². The maximum absolute atomic E-state index is 12.6. The Morgan fingerprint density at radius 2 is 1.67 bits per heavy atom. The molecule has 0 unspecified atom stereocenters. The predicted octanol–water partition coefficient (Wildman–Crippen LogP) is 2.77. The molecule has 0 saturated carbocycles. The third-order valence-electron chi connectivity index (χ3n) is 3.68. The van der Waals surface area contributed by atoms with Gasteiger partial charge in [-0.25, -0.2) is 0 Å². The van der Waals surface area contributed by atoms with Crippen LogP contribution in [0.25, 0.3) is 0 Å². The van der Waals surface area contributed by atoms with Gasteiger partial charge in [-0.05, 0) is 42.6 Å². The summed E-state index contributed by atoms with van der Waals surface area (Å²) in [5.74, 6) is 0.0438. The molecule has 3 nitrogen and oxygen atoms in total. The van der Waals surface area contributed by atoms with Crippen molar-refractivity contribution < 1.29 is 4.79 Å². The zero-order valence-electron chi connectivity index (χ0n) is 12.7. The number of nitrogens with zero attached hydrogens (tertiary/aromatic N) is 1. The van der Waals surface area contributed by atoms with Gasteiger partial charge in [0, 0.05) is 19.2 Å². The number of rotatable bonds is 5. The van der Waals surface area contributed by atoms with Crippen LogP contribution in [0.3, 0.4) is 0 Å². The minimum atomic E-state index is 0.0438. The van der Waals surface area contributed by atoms with Crippen molar-refractivity contribution in [3.63, 3.8) is 0 Å². The molecule has 0 heterocycles. The van der Waals surface area contributed by atoms with Crippen LogP contribution in [0.2, 0.25) is 0 Å². The Morgan fingerprint density at radius 1 is 1.05 bits per heavy atom. The van der Waals surface area contributed by atoms with Crippen molar-refractivity contribution in [1.29, 1.82) is 0 Å². The van der Waals surface area contributed by atoms with E-state index < -0.39 is 0 Å². The first-order valence-corrected chi connectivity index (χ1v) is 7.21. The molecule has 0 radical (unpaired) electrons. The zero-order valence-corrected chi connectivity index (χ0v) is 12.7. The number of aryl methyl sites for hydroxylation is 1. The van der Waals surface area contributed by atoms with Crippen LogP contribution in [0.5, 0.6) is 0 Å². The summed E-state index contributed by atoms with van der Waals surface area (Å²) >= 11 is 0. The lowest BCUT2D eigenvalue weighted by Crippen LogP contribution is -2.27. The molecule has 2 rings (SSSR count). The first-order valence-electron chi connectivity index (χ1n) is 7.21. The van der Waals surface area contributed by atoms with Gasteiger partial charge in [-0.1, -0.05) is 42.5 Å². The largest absolute Gasteiger partial charge is 0.337 e. The lowest BCUT2D eigenvalue weighted by atomic mass is 10.0. The van der Waals surface area contributed by atoms with Crippen LogP contribution < -0.4 is 5.73 Å². The summed E-state index contributed by atoms with van der Waals surface area (Å²) in [5, 5.41) is 0. The van der Waals surface area contributed by atoms with Gasteiger partial charge in [0.2, 0.25) is 0 Å². The standard InChI is InChI=1S/C18H22N2O/c1-14-7-3-4-9-16(14)13-20(2)18(21)17-10-6-5-8-15(17)11-12-19/h3-10H,11-13,19H2,1-2H3. The smallest absolute Gasteiger partial charge is 0.254 e. The third-order valence-corrected chi connectivity index (χ3v) is 3.68. The molecule has 21 heavy (non-hydrogen) atoms. The molecule has 2 aromatic carbocycles. The first kappa shape index (κ1) is 15.3. The molecule has 1 amide bonds. The van der Waals surface area contributed by atoms with Crippen molar-refractivity contribution in [2.45, 2.75) is 19.9 Å². The minimum Gasteiger partial charge on any atom is -0.337 e. The maximum atomic E-state index is 12.6. The van der Waals surface area contributed by atoms with E-state index in [1.165, 1.54) is 11.1 Å². The molecule has 0 aliphatic carbocycles. The van der Waals surface area contributed by atoms with Crippen molar-refractivity contribution in [2.75, 3.05) is 13.6 Å². The molecule has 2 N–H and O–H groups in total. The average molecular weight is 282 g/mol. The van der Waals surface area contributed by atoms with Crippen molar-refractivity contribution in [3.8, 4) is 0 Å². The van der Waals surface area contributed by atoms with Gasteiger partial charge in [0.15, 0.2) is 0 Å². The fourth-order valence-electron chi connectivity index (χ4n) is 2.42. The topological polar surface area (TPSA) is 46.3 Å². The van der Waals surface area contributed by atoms with Crippen LogP contribution in [0.15, 0.2) is 48.5 Å². The second-order valence-corrected chi connectivity index (χ2v) is 5.28. The van der Waals surface area contributed by atoms with Gasteiger partial charge in [0.05, 0.1) is 0 Å². The van der Waals surface area contributed by atoms with E-state index in [0.717, 1.165) is 17.5 Å². The van der Waals surface area contributed by atoms with Crippen LogP contribution in [0, 0.1) is 6.92 Å². The van der Waals surface area contributed by atoms with E-state index >= 15 is 0 Å². The van der Waals surface area contributed by atoms with Crippen molar-refractivity contribution in [2.24, 2.45) is 5.73 Å². The highest BCUT2D eigenvalue weighted by Crippen LogP contribution is 2.15. The summed E-state index contributed by atoms with van der Waals surface area (Å²) < 4.78 is 0. The van der Waals surface area contributed by atoms with Crippen molar-refractivity contribution in [1.82, 2.24) is 4.90 Å². The number of benzene rings is 2. The number of carbonyl (C=O) groups is 1. The van der Waals surface area contributed by atoms with Gasteiger partial charge in [-0.3, -0.25) is 4.79 Å². The average Bonchev–Trinajstić information content (AvgIpc) is 2.50. The number of hydrogen-bond acceptors (Lipinski definition) is 2. The van der Waals surface area contributed by atoms with Crippen LogP contribution >= 0.6 is 0 Å². The van der Waals surface area contributed by atoms with Crippen LogP contribution in [-0.2, 0) is 13.0 Å². The Hall–Kier alpha value is -2.13. The Kier molecular flexibility index (Phi) is 5.12. The Bertz CT molecular complexity index is 622. The summed E-state index contributed by atoms with van der Waals surface area (Å²) in [5.41, 5.74) is 9.76.